The molecule has 0 spiro atoms. The number of ether oxygens (including phenoxy) is 4. The van der Waals surface area contributed by atoms with Crippen LogP contribution < -0.4 is 25.8 Å². The molecule has 2 heterocycles. The molecule has 2 fully saturated rings. The first kappa shape index (κ1) is 33.2. The molecule has 3 atom stereocenters. The van der Waals surface area contributed by atoms with Gasteiger partial charge in [0.25, 0.3) is 0 Å². The number of carbonyl (C=O) groups excluding carboxylic acids is 1. The van der Waals surface area contributed by atoms with Crippen molar-refractivity contribution in [2.24, 2.45) is 0 Å². The number of hydrogen-bond donors (Lipinski definition) is 3. The molecule has 11 heteroatoms. The van der Waals surface area contributed by atoms with E-state index in [-0.39, 0.29) is 30.9 Å². The molecular weight excluding hydrogens is 612 g/mol. The number of amides is 2. The number of nitrogens with zero attached hydrogens (tertiary/aromatic N) is 2. The monoisotopic (exact) mass is 654 g/mol. The number of benzene rings is 3. The van der Waals surface area contributed by atoms with Crippen LogP contribution in [0.15, 0.2) is 95.9 Å². The molecule has 1 aliphatic heterocycles. The van der Waals surface area contributed by atoms with Crippen LogP contribution in [0.3, 0.4) is 0 Å². The molecule has 48 heavy (non-hydrogen) atoms. The lowest BCUT2D eigenvalue weighted by atomic mass is 9.80. The Hall–Kier alpha value is -4.71. The summed E-state index contributed by atoms with van der Waals surface area (Å²) in [6, 6.07) is 26.5. The lowest BCUT2D eigenvalue weighted by Crippen LogP contribution is -2.39. The van der Waals surface area contributed by atoms with Gasteiger partial charge in [0.05, 0.1) is 26.9 Å². The van der Waals surface area contributed by atoms with Crippen LogP contribution in [-0.4, -0.2) is 59.8 Å². The van der Waals surface area contributed by atoms with Crippen LogP contribution in [0.5, 0.6) is 11.5 Å². The Balaban J connectivity index is 1.22. The molecule has 1 saturated carbocycles. The zero-order valence-corrected chi connectivity index (χ0v) is 27.2. The van der Waals surface area contributed by atoms with Gasteiger partial charge in [0.15, 0.2) is 0 Å². The predicted molar refractivity (Wildman–Crippen MR) is 180 cm³/mol. The van der Waals surface area contributed by atoms with E-state index in [0.29, 0.717) is 11.5 Å². The van der Waals surface area contributed by atoms with Crippen molar-refractivity contribution in [3.8, 4) is 11.5 Å². The molecule has 1 saturated heterocycles. The van der Waals surface area contributed by atoms with Gasteiger partial charge in [-0.25, -0.2) is 9.59 Å². The van der Waals surface area contributed by atoms with Crippen LogP contribution in [0.25, 0.3) is 0 Å². The molecule has 3 N–H and O–H groups in total. The summed E-state index contributed by atoms with van der Waals surface area (Å²) in [7, 11) is 3.24. The topological polar surface area (TPSA) is 133 Å². The van der Waals surface area contributed by atoms with Crippen LogP contribution in [0.1, 0.15) is 61.4 Å². The van der Waals surface area contributed by atoms with Gasteiger partial charge in [-0.3, -0.25) is 9.88 Å². The van der Waals surface area contributed by atoms with E-state index in [0.717, 1.165) is 42.4 Å². The second-order valence-electron chi connectivity index (χ2n) is 12.2. The molecule has 0 bridgehead atoms. The van der Waals surface area contributed by atoms with Gasteiger partial charge in [0.1, 0.15) is 35.2 Å². The number of anilines is 1. The summed E-state index contributed by atoms with van der Waals surface area (Å²) in [6.45, 7) is 0.00771. The third kappa shape index (κ3) is 7.23. The number of aromatic nitrogens is 2. The molecule has 252 valence electrons. The zero-order chi connectivity index (χ0) is 33.5. The van der Waals surface area contributed by atoms with Crippen LogP contribution in [0.4, 0.5) is 10.6 Å². The molecule has 6 rings (SSSR count). The molecule has 0 unspecified atom stereocenters. The Kier molecular flexibility index (Phi) is 10.4. The van der Waals surface area contributed by atoms with E-state index < -0.39 is 29.7 Å². The van der Waals surface area contributed by atoms with E-state index in [1.165, 1.54) is 17.2 Å². The highest BCUT2D eigenvalue weighted by molar-refractivity contribution is 5.88. The van der Waals surface area contributed by atoms with Crippen molar-refractivity contribution in [2.75, 3.05) is 26.1 Å². The molecule has 4 aromatic rings. The fraction of sp³-hybridized carbons (Fsp3) is 0.378. The SMILES string of the molecule is COc1ccc(C(OC[C@H]2O[C@@H](n3ccc(NC(=O)NC4CCCCC4)nc3=O)C[C@@H]2O)(c2ccccc2)c2ccc(OC)cc2)cc1. The van der Waals surface area contributed by atoms with Crippen molar-refractivity contribution in [2.45, 2.75) is 68.6 Å². The maximum atomic E-state index is 13.1. The number of hydrogen-bond acceptors (Lipinski definition) is 8. The Morgan fingerprint density at radius 1 is 0.896 bits per heavy atom. The predicted octanol–water partition coefficient (Wildman–Crippen LogP) is 5.37. The van der Waals surface area contributed by atoms with E-state index >= 15 is 0 Å². The quantitative estimate of drug-likeness (QED) is 0.184. The first-order valence-corrected chi connectivity index (χ1v) is 16.4. The zero-order valence-electron chi connectivity index (χ0n) is 27.2. The summed E-state index contributed by atoms with van der Waals surface area (Å²) in [5.41, 5.74) is 0.879. The molecule has 2 amide bonds. The first-order chi connectivity index (χ1) is 23.4. The lowest BCUT2D eigenvalue weighted by molar-refractivity contribution is -0.0944. The second-order valence-corrected chi connectivity index (χ2v) is 12.2. The summed E-state index contributed by atoms with van der Waals surface area (Å²) in [5.74, 6) is 1.56. The fourth-order valence-corrected chi connectivity index (χ4v) is 6.60. The summed E-state index contributed by atoms with van der Waals surface area (Å²) >= 11 is 0. The molecule has 0 radical (unpaired) electrons. The number of rotatable bonds is 11. The molecular formula is C37H42N4O7. The Labute approximate surface area is 279 Å². The van der Waals surface area contributed by atoms with Crippen molar-refractivity contribution in [3.05, 3.63) is 118 Å². The highest BCUT2D eigenvalue weighted by atomic mass is 16.6. The van der Waals surface area contributed by atoms with Gasteiger partial charge in [0, 0.05) is 18.7 Å². The van der Waals surface area contributed by atoms with E-state index in [1.54, 1.807) is 20.3 Å². The highest BCUT2D eigenvalue weighted by Gasteiger charge is 2.42. The van der Waals surface area contributed by atoms with E-state index in [2.05, 4.69) is 15.6 Å². The maximum absolute atomic E-state index is 13.1. The Bertz CT molecular complexity index is 1660. The van der Waals surface area contributed by atoms with Crippen LogP contribution >= 0.6 is 0 Å². The molecule has 3 aromatic carbocycles. The smallest absolute Gasteiger partial charge is 0.351 e. The third-order valence-electron chi connectivity index (χ3n) is 9.16. The van der Waals surface area contributed by atoms with E-state index in [4.69, 9.17) is 18.9 Å². The lowest BCUT2D eigenvalue weighted by Gasteiger charge is -2.37. The Morgan fingerprint density at radius 3 is 2.08 bits per heavy atom. The number of methoxy groups -OCH3 is 2. The van der Waals surface area contributed by atoms with Gasteiger partial charge >= 0.3 is 11.7 Å². The first-order valence-electron chi connectivity index (χ1n) is 16.4. The van der Waals surface area contributed by atoms with Gasteiger partial charge in [0.2, 0.25) is 0 Å². The number of nitrogens with one attached hydrogen (secondary N) is 2. The standard InChI is InChI=1S/C37H42N4O7/c1-45-29-17-13-26(14-18-29)37(25-9-5-3-6-10-25,27-15-19-30(46-2)20-16-27)47-24-32-31(42)23-34(48-32)41-22-21-33(40-36(41)44)39-35(43)38-28-11-7-4-8-12-28/h3,5-6,9-10,13-22,28,31-32,34,42H,4,7-8,11-12,23-24H2,1-2H3,(H2,38,39,40,43,44)/t31-,32+,34+/m0/s1. The molecule has 1 aromatic heterocycles. The average Bonchev–Trinajstić information content (AvgIpc) is 3.49. The van der Waals surface area contributed by atoms with Crippen molar-refractivity contribution in [1.29, 1.82) is 0 Å². The minimum atomic E-state index is -1.09. The van der Waals surface area contributed by atoms with Gasteiger partial charge in [-0.2, -0.15) is 4.98 Å². The van der Waals surface area contributed by atoms with Gasteiger partial charge in [-0.1, -0.05) is 73.9 Å². The van der Waals surface area contributed by atoms with Crippen molar-refractivity contribution in [1.82, 2.24) is 14.9 Å². The van der Waals surface area contributed by atoms with Crippen molar-refractivity contribution < 1.29 is 28.8 Å². The van der Waals surface area contributed by atoms with E-state index in [1.807, 2.05) is 78.9 Å². The molecule has 2 aliphatic rings. The largest absolute Gasteiger partial charge is 0.497 e. The average molecular weight is 655 g/mol. The number of aliphatic hydroxyl groups excluding tert-OH is 1. The van der Waals surface area contributed by atoms with Crippen molar-refractivity contribution >= 4 is 11.8 Å². The summed E-state index contributed by atoms with van der Waals surface area (Å²) in [4.78, 5) is 29.6. The summed E-state index contributed by atoms with van der Waals surface area (Å²) in [5, 5.41) is 16.8. The minimum Gasteiger partial charge on any atom is -0.497 e. The molecule has 11 nitrogen and oxygen atoms in total. The maximum Gasteiger partial charge on any atom is 0.351 e. The number of urea groups is 1. The van der Waals surface area contributed by atoms with Gasteiger partial charge < -0.3 is 29.4 Å². The summed E-state index contributed by atoms with van der Waals surface area (Å²) < 4.78 is 25.3. The highest BCUT2D eigenvalue weighted by Crippen LogP contribution is 2.42. The number of aliphatic hydroxyl groups is 1. The van der Waals surface area contributed by atoms with Crippen LogP contribution in [0, 0.1) is 0 Å². The fourth-order valence-electron chi connectivity index (χ4n) is 6.60. The van der Waals surface area contributed by atoms with Crippen LogP contribution in [0.2, 0.25) is 0 Å². The third-order valence-corrected chi connectivity index (χ3v) is 9.16. The number of carbonyl (C=O) groups is 1. The van der Waals surface area contributed by atoms with Crippen LogP contribution in [-0.2, 0) is 15.1 Å². The second kappa shape index (κ2) is 15.0. The summed E-state index contributed by atoms with van der Waals surface area (Å²) in [6.07, 6.45) is 4.51. The Morgan fingerprint density at radius 2 is 1.50 bits per heavy atom. The molecule has 1 aliphatic carbocycles. The normalized spacial score (nSPS) is 19.9. The van der Waals surface area contributed by atoms with Crippen molar-refractivity contribution in [3.63, 3.8) is 0 Å². The van der Waals surface area contributed by atoms with Gasteiger partial charge in [-0.05, 0) is 59.9 Å². The minimum absolute atomic E-state index is 0.00771. The van der Waals surface area contributed by atoms with E-state index in [9.17, 15) is 14.7 Å². The van der Waals surface area contributed by atoms with Gasteiger partial charge in [-0.15, -0.1) is 0 Å².